The van der Waals surface area contributed by atoms with E-state index in [1.165, 1.54) is 11.8 Å². The molecule has 5 rings (SSSR count). The molecule has 0 aromatic heterocycles. The molecule has 1 amide bonds. The molecular formula is C30H34FN3O2S. The van der Waals surface area contributed by atoms with Gasteiger partial charge in [-0.15, -0.1) is 0 Å². The number of hydrogen-bond acceptors (Lipinski definition) is 5. The average Bonchev–Trinajstić information content (AvgIpc) is 3.47. The van der Waals surface area contributed by atoms with Gasteiger partial charge in [0, 0.05) is 30.0 Å². The summed E-state index contributed by atoms with van der Waals surface area (Å²) in [7, 11) is 0. The second-order valence-electron chi connectivity index (χ2n) is 10.4. The fourth-order valence-electron chi connectivity index (χ4n) is 5.36. The number of carbonyl (C=O) groups excluding carboxylic acids is 1. The Bertz CT molecular complexity index is 1280. The summed E-state index contributed by atoms with van der Waals surface area (Å²) >= 11 is 1.30. The van der Waals surface area contributed by atoms with Gasteiger partial charge >= 0.3 is 0 Å². The molecule has 37 heavy (non-hydrogen) atoms. The molecule has 2 fully saturated rings. The highest BCUT2D eigenvalue weighted by atomic mass is 32.2. The maximum atomic E-state index is 15.5. The van der Waals surface area contributed by atoms with E-state index in [1.807, 2.05) is 36.4 Å². The maximum Gasteiger partial charge on any atom is 0.266 e. The molecule has 0 spiro atoms. The molecule has 5 nitrogen and oxygen atoms in total. The van der Waals surface area contributed by atoms with Crippen molar-refractivity contribution in [3.8, 4) is 0 Å². The average molecular weight is 520 g/mol. The Kier molecular flexibility index (Phi) is 7.28. The third-order valence-electron chi connectivity index (χ3n) is 7.11. The number of benzene rings is 2. The van der Waals surface area contributed by atoms with Crippen molar-refractivity contribution in [3.05, 3.63) is 70.4 Å². The van der Waals surface area contributed by atoms with Crippen LogP contribution in [0.4, 0.5) is 15.8 Å². The van der Waals surface area contributed by atoms with E-state index < -0.39 is 0 Å². The van der Waals surface area contributed by atoms with Crippen LogP contribution in [0.5, 0.6) is 0 Å². The first-order valence-electron chi connectivity index (χ1n) is 13.0. The number of nitrogens with zero attached hydrogens (tertiary/aromatic N) is 3. The van der Waals surface area contributed by atoms with Crippen LogP contribution >= 0.6 is 11.8 Å². The number of hydrogen-bond donors (Lipinski definition) is 0. The van der Waals surface area contributed by atoms with Crippen LogP contribution in [0.1, 0.15) is 58.1 Å². The topological polar surface area (TPSA) is 45.1 Å². The molecule has 1 atom stereocenters. The van der Waals surface area contributed by atoms with Gasteiger partial charge in [-0.25, -0.2) is 9.38 Å². The lowest BCUT2D eigenvalue weighted by Crippen LogP contribution is -2.45. The van der Waals surface area contributed by atoms with E-state index in [1.54, 1.807) is 17.0 Å². The lowest BCUT2D eigenvalue weighted by molar-refractivity contribution is -0.123. The molecule has 2 aromatic carbocycles. The van der Waals surface area contributed by atoms with Gasteiger partial charge in [0.15, 0.2) is 5.17 Å². The number of fused-ring (bicyclic) bond motifs is 1. The molecule has 0 bridgehead atoms. The third kappa shape index (κ3) is 5.25. The van der Waals surface area contributed by atoms with E-state index in [2.05, 4.69) is 38.7 Å². The fraction of sp³-hybridized carbons (Fsp3) is 0.400. The summed E-state index contributed by atoms with van der Waals surface area (Å²) in [5.41, 5.74) is 4.02. The van der Waals surface area contributed by atoms with Crippen molar-refractivity contribution in [2.45, 2.75) is 58.6 Å². The number of carbonyl (C=O) groups is 1. The highest BCUT2D eigenvalue weighted by molar-refractivity contribution is 8.18. The molecule has 0 N–H and O–H groups in total. The van der Waals surface area contributed by atoms with Gasteiger partial charge in [0.1, 0.15) is 5.82 Å². The number of anilines is 1. The molecule has 3 aliphatic heterocycles. The summed E-state index contributed by atoms with van der Waals surface area (Å²) in [5.74, 6) is -0.487. The minimum atomic E-state index is -0.328. The smallest absolute Gasteiger partial charge is 0.266 e. The minimum Gasteiger partial charge on any atom is -0.376 e. The van der Waals surface area contributed by atoms with E-state index in [9.17, 15) is 4.79 Å². The number of ether oxygens (including phenoxy) is 1. The van der Waals surface area contributed by atoms with Gasteiger partial charge in [-0.3, -0.25) is 9.69 Å². The summed E-state index contributed by atoms with van der Waals surface area (Å²) in [6, 6.07) is 13.1. The molecule has 7 heteroatoms. The van der Waals surface area contributed by atoms with Crippen LogP contribution in [-0.4, -0.2) is 47.3 Å². The van der Waals surface area contributed by atoms with E-state index in [0.717, 1.165) is 48.3 Å². The SMILES string of the molecule is CCCN1c2cc(F)c(/C=C3/SC(=Nc4ccccc4)N(CC4CCCO4)C3=O)cc2C(C)=CC1(C)C. The summed E-state index contributed by atoms with van der Waals surface area (Å²) in [6.45, 7) is 10.5. The summed E-state index contributed by atoms with van der Waals surface area (Å²) in [6.07, 6.45) is 6.79. The minimum absolute atomic E-state index is 0.00829. The van der Waals surface area contributed by atoms with Crippen LogP contribution in [0, 0.1) is 5.82 Å². The summed E-state index contributed by atoms with van der Waals surface area (Å²) < 4.78 is 21.4. The predicted molar refractivity (Wildman–Crippen MR) is 152 cm³/mol. The quantitative estimate of drug-likeness (QED) is 0.385. The molecule has 0 saturated carbocycles. The van der Waals surface area contributed by atoms with E-state index in [0.29, 0.717) is 28.8 Å². The molecule has 2 saturated heterocycles. The van der Waals surface area contributed by atoms with Gasteiger partial charge in [0.2, 0.25) is 0 Å². The Morgan fingerprint density at radius 1 is 1.24 bits per heavy atom. The largest absolute Gasteiger partial charge is 0.376 e. The van der Waals surface area contributed by atoms with Crippen molar-refractivity contribution < 1.29 is 13.9 Å². The van der Waals surface area contributed by atoms with Crippen molar-refractivity contribution in [3.63, 3.8) is 0 Å². The van der Waals surface area contributed by atoms with Gasteiger partial charge < -0.3 is 9.64 Å². The van der Waals surface area contributed by atoms with Gasteiger partial charge in [-0.1, -0.05) is 31.2 Å². The Morgan fingerprint density at radius 3 is 2.73 bits per heavy atom. The number of para-hydroxylation sites is 1. The number of rotatable bonds is 6. The lowest BCUT2D eigenvalue weighted by Gasteiger charge is -2.43. The van der Waals surface area contributed by atoms with Gasteiger partial charge in [-0.2, -0.15) is 0 Å². The van der Waals surface area contributed by atoms with Gasteiger partial charge in [0.05, 0.1) is 28.8 Å². The highest BCUT2D eigenvalue weighted by Crippen LogP contribution is 2.42. The summed E-state index contributed by atoms with van der Waals surface area (Å²) in [5, 5.41) is 0.600. The molecule has 3 aliphatic rings. The van der Waals surface area contributed by atoms with Crippen molar-refractivity contribution in [1.82, 2.24) is 4.90 Å². The fourth-order valence-corrected chi connectivity index (χ4v) is 6.35. The van der Waals surface area contributed by atoms with Gasteiger partial charge in [-0.05, 0) is 87.7 Å². The first kappa shape index (κ1) is 25.7. The first-order chi connectivity index (χ1) is 17.8. The zero-order chi connectivity index (χ0) is 26.2. The maximum absolute atomic E-state index is 15.5. The van der Waals surface area contributed by atoms with Crippen molar-refractivity contribution in [2.24, 2.45) is 4.99 Å². The monoisotopic (exact) mass is 519 g/mol. The number of allylic oxidation sites excluding steroid dienone is 1. The highest BCUT2D eigenvalue weighted by Gasteiger charge is 2.37. The number of halogens is 1. The van der Waals surface area contributed by atoms with Crippen LogP contribution in [0.3, 0.4) is 0 Å². The van der Waals surface area contributed by atoms with E-state index in [-0.39, 0.29) is 23.4 Å². The standard InChI is InChI=1S/C30H34FN3O2S/c1-5-13-34-26-17-25(31)21(15-24(26)20(2)18-30(34,3)4)16-27-28(35)33(19-23-12-9-14-36-23)29(37-27)32-22-10-7-6-8-11-22/h6-8,10-11,15-18,23H,5,9,12-14,19H2,1-4H3/b27-16+,32-29?. The Morgan fingerprint density at radius 2 is 2.03 bits per heavy atom. The van der Waals surface area contributed by atoms with Crippen LogP contribution in [-0.2, 0) is 9.53 Å². The number of aliphatic imine (C=N–C) groups is 1. The molecule has 3 heterocycles. The summed E-state index contributed by atoms with van der Waals surface area (Å²) in [4.78, 5) is 22.7. The zero-order valence-electron chi connectivity index (χ0n) is 22.0. The van der Waals surface area contributed by atoms with Crippen LogP contribution < -0.4 is 4.90 Å². The second-order valence-corrected chi connectivity index (χ2v) is 11.4. The Labute approximate surface area is 223 Å². The first-order valence-corrected chi connectivity index (χ1v) is 13.9. The van der Waals surface area contributed by atoms with Crippen molar-refractivity contribution in [2.75, 3.05) is 24.6 Å². The second kappa shape index (κ2) is 10.5. The normalized spacial score (nSPS) is 23.2. The van der Waals surface area contributed by atoms with Crippen molar-refractivity contribution in [1.29, 1.82) is 0 Å². The van der Waals surface area contributed by atoms with E-state index >= 15 is 4.39 Å². The zero-order valence-corrected chi connectivity index (χ0v) is 22.8. The van der Waals surface area contributed by atoms with Crippen LogP contribution in [0.15, 0.2) is 58.4 Å². The molecule has 0 aliphatic carbocycles. The molecule has 0 radical (unpaired) electrons. The lowest BCUT2D eigenvalue weighted by atomic mass is 9.87. The Hall–Kier alpha value is -2.90. The number of amidine groups is 1. The predicted octanol–water partition coefficient (Wildman–Crippen LogP) is 7.02. The molecular weight excluding hydrogens is 485 g/mol. The molecule has 2 aromatic rings. The number of thioether (sulfide) groups is 1. The van der Waals surface area contributed by atoms with E-state index in [4.69, 9.17) is 9.73 Å². The van der Waals surface area contributed by atoms with Crippen LogP contribution in [0.25, 0.3) is 11.6 Å². The third-order valence-corrected chi connectivity index (χ3v) is 8.12. The molecule has 194 valence electrons. The number of amides is 1. The Balaban J connectivity index is 1.51. The van der Waals surface area contributed by atoms with Crippen LogP contribution in [0.2, 0.25) is 0 Å². The molecule has 1 unspecified atom stereocenters. The van der Waals surface area contributed by atoms with Crippen molar-refractivity contribution >= 4 is 45.9 Å². The van der Waals surface area contributed by atoms with Gasteiger partial charge in [0.25, 0.3) is 5.91 Å².